The quantitative estimate of drug-likeness (QED) is 0.396. The second-order valence-corrected chi connectivity index (χ2v) is 7.96. The molecule has 4 aromatic rings. The van der Waals surface area contributed by atoms with Crippen molar-refractivity contribution in [1.82, 2.24) is 20.2 Å². The number of anilines is 2. The van der Waals surface area contributed by atoms with Crippen molar-refractivity contribution in [3.8, 4) is 0 Å². The molecule has 2 aromatic heterocycles. The van der Waals surface area contributed by atoms with Crippen molar-refractivity contribution in [2.75, 3.05) is 5.32 Å². The van der Waals surface area contributed by atoms with E-state index < -0.39 is 5.97 Å². The van der Waals surface area contributed by atoms with E-state index in [0.29, 0.717) is 16.9 Å². The molecule has 0 saturated heterocycles. The maximum absolute atomic E-state index is 11.2. The van der Waals surface area contributed by atoms with Crippen LogP contribution in [0.1, 0.15) is 34.8 Å². The Morgan fingerprint density at radius 3 is 2.79 bits per heavy atom. The van der Waals surface area contributed by atoms with E-state index in [1.165, 1.54) is 24.6 Å². The molecule has 2 heterocycles. The van der Waals surface area contributed by atoms with Crippen molar-refractivity contribution in [3.63, 3.8) is 0 Å². The molecule has 0 spiro atoms. The molecule has 144 valence electrons. The van der Waals surface area contributed by atoms with Crippen LogP contribution in [0.15, 0.2) is 64.6 Å². The van der Waals surface area contributed by atoms with Crippen LogP contribution in [-0.4, -0.2) is 31.2 Å². The fourth-order valence-corrected chi connectivity index (χ4v) is 3.94. The van der Waals surface area contributed by atoms with Crippen molar-refractivity contribution in [2.24, 2.45) is 0 Å². The summed E-state index contributed by atoms with van der Waals surface area (Å²) in [5.74, 6) is 1.02. The largest absolute Gasteiger partial charge is 0.478 e. The number of nitrogens with one attached hydrogen (secondary N) is 2. The number of hydrogen-bond acceptors (Lipinski definition) is 6. The number of carboxylic acid groups (broad SMARTS) is 1. The Morgan fingerprint density at radius 2 is 1.97 bits per heavy atom. The van der Waals surface area contributed by atoms with E-state index in [1.54, 1.807) is 18.2 Å². The first-order valence-corrected chi connectivity index (χ1v) is 10.1. The van der Waals surface area contributed by atoms with Gasteiger partial charge in [-0.3, -0.25) is 5.10 Å². The van der Waals surface area contributed by atoms with E-state index in [2.05, 4.69) is 25.5 Å². The van der Waals surface area contributed by atoms with E-state index in [1.807, 2.05) is 36.4 Å². The van der Waals surface area contributed by atoms with Gasteiger partial charge in [0.1, 0.15) is 5.82 Å². The molecule has 0 unspecified atom stereocenters. The van der Waals surface area contributed by atoms with Crippen LogP contribution in [0.4, 0.5) is 11.6 Å². The first-order valence-electron chi connectivity index (χ1n) is 9.26. The predicted molar refractivity (Wildman–Crippen MR) is 111 cm³/mol. The molecule has 3 N–H and O–H groups in total. The number of H-pyrrole nitrogens is 1. The summed E-state index contributed by atoms with van der Waals surface area (Å²) in [7, 11) is 0. The highest BCUT2D eigenvalue weighted by molar-refractivity contribution is 7.99. The van der Waals surface area contributed by atoms with Gasteiger partial charge in [-0.15, -0.1) is 0 Å². The number of aromatic nitrogens is 4. The minimum atomic E-state index is -0.959. The lowest BCUT2D eigenvalue weighted by molar-refractivity contribution is 0.0696. The molecule has 1 fully saturated rings. The fourth-order valence-electron chi connectivity index (χ4n) is 3.12. The lowest BCUT2D eigenvalue weighted by Gasteiger charge is -2.09. The van der Waals surface area contributed by atoms with E-state index in [4.69, 9.17) is 0 Å². The standard InChI is InChI=1S/C21H17N5O2S/c27-20(28)13-4-3-5-14(10-13)29-21-22-16-7-2-1-6-15(16)19(24-21)23-18-11-17(25-26-18)12-8-9-12/h1-7,10-12H,8-9H2,(H,27,28)(H2,22,23,24,25,26). The normalized spacial score (nSPS) is 13.5. The predicted octanol–water partition coefficient (Wildman–Crippen LogP) is 4.82. The highest BCUT2D eigenvalue weighted by Crippen LogP contribution is 2.40. The number of aromatic amines is 1. The summed E-state index contributed by atoms with van der Waals surface area (Å²) in [5, 5.41) is 21.4. The van der Waals surface area contributed by atoms with Crippen molar-refractivity contribution in [2.45, 2.75) is 28.8 Å². The molecule has 0 radical (unpaired) electrons. The van der Waals surface area contributed by atoms with Gasteiger partial charge in [0.25, 0.3) is 0 Å². The van der Waals surface area contributed by atoms with Crippen LogP contribution >= 0.6 is 11.8 Å². The minimum Gasteiger partial charge on any atom is -0.478 e. The zero-order valence-corrected chi connectivity index (χ0v) is 16.1. The van der Waals surface area contributed by atoms with Gasteiger partial charge in [-0.05, 0) is 54.9 Å². The second kappa shape index (κ2) is 7.21. The van der Waals surface area contributed by atoms with Gasteiger partial charge in [0, 0.05) is 28.0 Å². The van der Waals surface area contributed by atoms with Crippen LogP contribution in [0.5, 0.6) is 0 Å². The van der Waals surface area contributed by atoms with Crippen LogP contribution < -0.4 is 5.32 Å². The molecule has 5 rings (SSSR count). The summed E-state index contributed by atoms with van der Waals surface area (Å²) in [6.45, 7) is 0. The van der Waals surface area contributed by atoms with Gasteiger partial charge >= 0.3 is 5.97 Å². The Balaban J connectivity index is 1.49. The van der Waals surface area contributed by atoms with Gasteiger partial charge in [0.2, 0.25) is 0 Å². The number of carbonyl (C=O) groups is 1. The number of nitrogens with zero attached hydrogens (tertiary/aromatic N) is 3. The summed E-state index contributed by atoms with van der Waals surface area (Å²) < 4.78 is 0. The summed E-state index contributed by atoms with van der Waals surface area (Å²) in [6.07, 6.45) is 2.41. The van der Waals surface area contributed by atoms with Crippen molar-refractivity contribution in [1.29, 1.82) is 0 Å². The lowest BCUT2D eigenvalue weighted by Crippen LogP contribution is -1.99. The summed E-state index contributed by atoms with van der Waals surface area (Å²) >= 11 is 1.33. The smallest absolute Gasteiger partial charge is 0.335 e. The molecular weight excluding hydrogens is 386 g/mol. The third-order valence-corrected chi connectivity index (χ3v) is 5.59. The number of para-hydroxylation sites is 1. The van der Waals surface area contributed by atoms with E-state index in [0.717, 1.165) is 27.3 Å². The molecule has 29 heavy (non-hydrogen) atoms. The van der Waals surface area contributed by atoms with Crippen LogP contribution in [-0.2, 0) is 0 Å². The van der Waals surface area contributed by atoms with Crippen molar-refractivity contribution >= 4 is 40.3 Å². The van der Waals surface area contributed by atoms with Gasteiger partial charge in [-0.1, -0.05) is 18.2 Å². The number of hydrogen-bond donors (Lipinski definition) is 3. The number of carboxylic acids is 1. The van der Waals surface area contributed by atoms with E-state index in [9.17, 15) is 9.90 Å². The Bertz CT molecular complexity index is 1220. The molecule has 1 aliphatic carbocycles. The van der Waals surface area contributed by atoms with Crippen LogP contribution in [0, 0.1) is 0 Å². The van der Waals surface area contributed by atoms with Crippen LogP contribution in [0.2, 0.25) is 0 Å². The molecule has 1 aliphatic rings. The Hall–Kier alpha value is -3.39. The van der Waals surface area contributed by atoms with E-state index in [-0.39, 0.29) is 5.56 Å². The lowest BCUT2D eigenvalue weighted by atomic mass is 10.2. The van der Waals surface area contributed by atoms with Gasteiger partial charge in [0.15, 0.2) is 11.0 Å². The SMILES string of the molecule is O=C(O)c1cccc(Sc2nc(Nc3cc(C4CC4)[nH]n3)c3ccccc3n2)c1. The Kier molecular flexibility index (Phi) is 4.40. The third kappa shape index (κ3) is 3.79. The maximum atomic E-state index is 11.2. The maximum Gasteiger partial charge on any atom is 0.335 e. The highest BCUT2D eigenvalue weighted by Gasteiger charge is 2.25. The molecule has 1 saturated carbocycles. The first kappa shape index (κ1) is 17.7. The van der Waals surface area contributed by atoms with Crippen molar-refractivity contribution in [3.05, 3.63) is 65.9 Å². The molecule has 8 heteroatoms. The van der Waals surface area contributed by atoms with Gasteiger partial charge in [-0.25, -0.2) is 14.8 Å². The van der Waals surface area contributed by atoms with Crippen LogP contribution in [0.3, 0.4) is 0 Å². The third-order valence-electron chi connectivity index (χ3n) is 4.73. The van der Waals surface area contributed by atoms with Gasteiger partial charge in [0.05, 0.1) is 11.1 Å². The monoisotopic (exact) mass is 403 g/mol. The van der Waals surface area contributed by atoms with Crippen LogP contribution in [0.25, 0.3) is 10.9 Å². The fraction of sp³-hybridized carbons (Fsp3) is 0.143. The molecule has 0 amide bonds. The van der Waals surface area contributed by atoms with Gasteiger partial charge < -0.3 is 10.4 Å². The van der Waals surface area contributed by atoms with E-state index >= 15 is 0 Å². The average molecular weight is 403 g/mol. The highest BCUT2D eigenvalue weighted by atomic mass is 32.2. The molecular formula is C21H17N5O2S. The molecule has 2 aromatic carbocycles. The molecule has 0 aliphatic heterocycles. The molecule has 0 atom stereocenters. The summed E-state index contributed by atoms with van der Waals surface area (Å²) in [6, 6.07) is 16.5. The number of rotatable bonds is 6. The number of aromatic carboxylic acids is 1. The minimum absolute atomic E-state index is 0.235. The second-order valence-electron chi connectivity index (χ2n) is 6.91. The van der Waals surface area contributed by atoms with Gasteiger partial charge in [-0.2, -0.15) is 5.10 Å². The number of benzene rings is 2. The summed E-state index contributed by atoms with van der Waals surface area (Å²) in [5.41, 5.74) is 2.18. The molecule has 7 nitrogen and oxygen atoms in total. The average Bonchev–Trinajstić information content (AvgIpc) is 3.47. The van der Waals surface area contributed by atoms with Crippen molar-refractivity contribution < 1.29 is 9.90 Å². The topological polar surface area (TPSA) is 104 Å². The Morgan fingerprint density at radius 1 is 1.10 bits per heavy atom. The first-order chi connectivity index (χ1) is 14.2. The summed E-state index contributed by atoms with van der Waals surface area (Å²) in [4.78, 5) is 21.3. The Labute approximate surface area is 170 Å². The molecule has 0 bridgehead atoms. The zero-order chi connectivity index (χ0) is 19.8. The zero-order valence-electron chi connectivity index (χ0n) is 15.3. The number of fused-ring (bicyclic) bond motifs is 1.